The average molecular weight is 441 g/mol. The van der Waals surface area contributed by atoms with Crippen LogP contribution >= 0.6 is 0 Å². The van der Waals surface area contributed by atoms with Crippen molar-refractivity contribution in [2.75, 3.05) is 12.4 Å². The first-order valence-electron chi connectivity index (χ1n) is 11.1. The second kappa shape index (κ2) is 11.5. The van der Waals surface area contributed by atoms with Crippen molar-refractivity contribution in [1.82, 2.24) is 4.57 Å². The number of halogens is 2. The number of nitrogens with one attached hydrogen (secondary N) is 1. The van der Waals surface area contributed by atoms with E-state index >= 15 is 0 Å². The van der Waals surface area contributed by atoms with Crippen LogP contribution in [-0.4, -0.2) is 17.6 Å². The van der Waals surface area contributed by atoms with E-state index in [1.807, 2.05) is 41.1 Å². The van der Waals surface area contributed by atoms with Crippen LogP contribution in [0.3, 0.4) is 0 Å². The average Bonchev–Trinajstić information content (AvgIpc) is 3.22. The SMILES string of the molecule is CCCCCCCn1cc(-c2ccc(NCc3ccc(F)cc3F)cc2)cc1C(=O)OC. The van der Waals surface area contributed by atoms with E-state index in [9.17, 15) is 13.6 Å². The molecule has 6 heteroatoms. The molecule has 4 nitrogen and oxygen atoms in total. The number of aromatic nitrogens is 1. The van der Waals surface area contributed by atoms with E-state index in [1.165, 1.54) is 38.5 Å². The lowest BCUT2D eigenvalue weighted by molar-refractivity contribution is 0.0588. The Morgan fingerprint density at radius 1 is 0.969 bits per heavy atom. The van der Waals surface area contributed by atoms with E-state index in [0.29, 0.717) is 11.3 Å². The number of ether oxygens (including phenoxy) is 1. The molecule has 0 bridgehead atoms. The highest BCUT2D eigenvalue weighted by molar-refractivity contribution is 5.89. The maximum atomic E-state index is 13.8. The monoisotopic (exact) mass is 440 g/mol. The zero-order valence-electron chi connectivity index (χ0n) is 18.7. The summed E-state index contributed by atoms with van der Waals surface area (Å²) in [6.07, 6.45) is 7.77. The molecule has 3 rings (SSSR count). The van der Waals surface area contributed by atoms with Gasteiger partial charge in [0.15, 0.2) is 0 Å². The molecule has 0 aliphatic heterocycles. The number of benzene rings is 2. The normalized spacial score (nSPS) is 10.9. The summed E-state index contributed by atoms with van der Waals surface area (Å²) in [7, 11) is 1.39. The molecular formula is C26H30F2N2O2. The van der Waals surface area contributed by atoms with Gasteiger partial charge in [-0.15, -0.1) is 0 Å². The van der Waals surface area contributed by atoms with Gasteiger partial charge in [0.05, 0.1) is 7.11 Å². The number of esters is 1. The Bertz CT molecular complexity index is 1030. The van der Waals surface area contributed by atoms with Crippen LogP contribution in [0.25, 0.3) is 11.1 Å². The van der Waals surface area contributed by atoms with Crippen LogP contribution in [0, 0.1) is 11.6 Å². The molecule has 0 atom stereocenters. The molecule has 0 amide bonds. The molecule has 2 aromatic carbocycles. The summed E-state index contributed by atoms with van der Waals surface area (Å²) in [6.45, 7) is 3.22. The third kappa shape index (κ3) is 6.19. The molecule has 0 saturated carbocycles. The summed E-state index contributed by atoms with van der Waals surface area (Å²) in [6, 6.07) is 13.1. The summed E-state index contributed by atoms with van der Waals surface area (Å²) in [5.74, 6) is -1.50. The van der Waals surface area contributed by atoms with Gasteiger partial charge in [-0.25, -0.2) is 13.6 Å². The third-order valence-corrected chi connectivity index (χ3v) is 5.51. The van der Waals surface area contributed by atoms with Gasteiger partial charge in [-0.2, -0.15) is 0 Å². The second-order valence-electron chi connectivity index (χ2n) is 7.88. The number of rotatable bonds is 11. The van der Waals surface area contributed by atoms with Crippen LogP contribution in [0.15, 0.2) is 54.7 Å². The van der Waals surface area contributed by atoms with E-state index in [0.717, 1.165) is 42.3 Å². The Morgan fingerprint density at radius 3 is 2.41 bits per heavy atom. The van der Waals surface area contributed by atoms with Gasteiger partial charge in [0.2, 0.25) is 0 Å². The Hall–Kier alpha value is -3.15. The van der Waals surface area contributed by atoms with Gasteiger partial charge in [0, 0.05) is 42.2 Å². The van der Waals surface area contributed by atoms with Crippen LogP contribution in [0.4, 0.5) is 14.5 Å². The summed E-state index contributed by atoms with van der Waals surface area (Å²) in [5, 5.41) is 3.15. The first kappa shape index (κ1) is 23.5. The highest BCUT2D eigenvalue weighted by atomic mass is 19.1. The zero-order chi connectivity index (χ0) is 22.9. The second-order valence-corrected chi connectivity index (χ2v) is 7.88. The highest BCUT2D eigenvalue weighted by Crippen LogP contribution is 2.25. The Morgan fingerprint density at radius 2 is 1.72 bits per heavy atom. The minimum Gasteiger partial charge on any atom is -0.464 e. The number of carbonyl (C=O) groups excluding carboxylic acids is 1. The molecule has 0 saturated heterocycles. The molecule has 0 aliphatic carbocycles. The van der Waals surface area contributed by atoms with Crippen molar-refractivity contribution >= 4 is 11.7 Å². The molecule has 0 aliphatic rings. The number of hydrogen-bond donors (Lipinski definition) is 1. The summed E-state index contributed by atoms with van der Waals surface area (Å²) >= 11 is 0. The van der Waals surface area contributed by atoms with Gasteiger partial charge in [-0.1, -0.05) is 50.8 Å². The van der Waals surface area contributed by atoms with Crippen molar-refractivity contribution in [2.45, 2.75) is 52.1 Å². The third-order valence-electron chi connectivity index (χ3n) is 5.51. The highest BCUT2D eigenvalue weighted by Gasteiger charge is 2.15. The predicted octanol–water partition coefficient (Wildman–Crippen LogP) is 6.80. The number of unbranched alkanes of at least 4 members (excludes halogenated alkanes) is 4. The number of anilines is 1. The quantitative estimate of drug-likeness (QED) is 0.263. The molecule has 0 spiro atoms. The maximum absolute atomic E-state index is 13.8. The molecular weight excluding hydrogens is 410 g/mol. The smallest absolute Gasteiger partial charge is 0.354 e. The maximum Gasteiger partial charge on any atom is 0.354 e. The fourth-order valence-corrected chi connectivity index (χ4v) is 3.66. The molecule has 0 fully saturated rings. The van der Waals surface area contributed by atoms with Crippen molar-refractivity contribution < 1.29 is 18.3 Å². The number of methoxy groups -OCH3 is 1. The van der Waals surface area contributed by atoms with Crippen LogP contribution < -0.4 is 5.32 Å². The summed E-state index contributed by atoms with van der Waals surface area (Å²) < 4.78 is 33.8. The standard InChI is InChI=1S/C26H30F2N2O2/c1-3-4-5-6-7-14-30-18-21(15-25(30)26(31)32-2)19-9-12-23(13-10-19)29-17-20-8-11-22(27)16-24(20)28/h8-13,15-16,18,29H,3-7,14,17H2,1-2H3. The largest absolute Gasteiger partial charge is 0.464 e. The first-order chi connectivity index (χ1) is 15.5. The van der Waals surface area contributed by atoms with Gasteiger partial charge in [-0.3, -0.25) is 0 Å². The fourth-order valence-electron chi connectivity index (χ4n) is 3.66. The molecule has 1 heterocycles. The minimum atomic E-state index is -0.588. The Kier molecular flexibility index (Phi) is 8.42. The predicted molar refractivity (Wildman–Crippen MR) is 124 cm³/mol. The molecule has 1 N–H and O–H groups in total. The zero-order valence-corrected chi connectivity index (χ0v) is 18.7. The molecule has 1 aromatic heterocycles. The van der Waals surface area contributed by atoms with Crippen LogP contribution in [0.5, 0.6) is 0 Å². The van der Waals surface area contributed by atoms with Gasteiger partial charge in [0.1, 0.15) is 17.3 Å². The number of aryl methyl sites for hydroxylation is 1. The molecule has 0 unspecified atom stereocenters. The van der Waals surface area contributed by atoms with Crippen molar-refractivity contribution in [1.29, 1.82) is 0 Å². The van der Waals surface area contributed by atoms with E-state index in [1.54, 1.807) is 0 Å². The Labute approximate surface area is 188 Å². The summed E-state index contributed by atoms with van der Waals surface area (Å²) in [5.41, 5.74) is 3.68. The van der Waals surface area contributed by atoms with E-state index in [4.69, 9.17) is 4.74 Å². The van der Waals surface area contributed by atoms with Crippen LogP contribution in [0.1, 0.15) is 55.1 Å². The van der Waals surface area contributed by atoms with E-state index in [2.05, 4.69) is 12.2 Å². The first-order valence-corrected chi connectivity index (χ1v) is 11.1. The minimum absolute atomic E-state index is 0.256. The summed E-state index contributed by atoms with van der Waals surface area (Å²) in [4.78, 5) is 12.2. The lowest BCUT2D eigenvalue weighted by Gasteiger charge is -2.08. The van der Waals surface area contributed by atoms with Crippen LogP contribution in [-0.2, 0) is 17.8 Å². The van der Waals surface area contributed by atoms with Gasteiger partial charge >= 0.3 is 5.97 Å². The van der Waals surface area contributed by atoms with Crippen molar-refractivity contribution in [3.8, 4) is 11.1 Å². The molecule has 0 radical (unpaired) electrons. The topological polar surface area (TPSA) is 43.3 Å². The van der Waals surface area contributed by atoms with Gasteiger partial charge in [-0.05, 0) is 36.2 Å². The van der Waals surface area contributed by atoms with Gasteiger partial charge in [0.25, 0.3) is 0 Å². The number of nitrogens with zero attached hydrogens (tertiary/aromatic N) is 1. The molecule has 3 aromatic rings. The number of hydrogen-bond acceptors (Lipinski definition) is 3. The number of carbonyl (C=O) groups is 1. The fraction of sp³-hybridized carbons (Fsp3) is 0.346. The van der Waals surface area contributed by atoms with Crippen molar-refractivity contribution in [2.24, 2.45) is 0 Å². The lowest BCUT2D eigenvalue weighted by atomic mass is 10.1. The molecule has 170 valence electrons. The lowest BCUT2D eigenvalue weighted by Crippen LogP contribution is -2.10. The van der Waals surface area contributed by atoms with E-state index in [-0.39, 0.29) is 12.5 Å². The van der Waals surface area contributed by atoms with Gasteiger partial charge < -0.3 is 14.6 Å². The van der Waals surface area contributed by atoms with Crippen molar-refractivity contribution in [3.63, 3.8) is 0 Å². The van der Waals surface area contributed by atoms with Crippen LogP contribution in [0.2, 0.25) is 0 Å². The van der Waals surface area contributed by atoms with E-state index < -0.39 is 11.6 Å². The Balaban J connectivity index is 1.68. The molecule has 32 heavy (non-hydrogen) atoms. The van der Waals surface area contributed by atoms with Crippen molar-refractivity contribution in [3.05, 3.63) is 77.6 Å².